The molecule has 2 aromatic heterocycles. The molecule has 156 valence electrons. The quantitative estimate of drug-likeness (QED) is 0.629. The number of imidazole rings is 1. The Kier molecular flexibility index (Phi) is 4.76. The Morgan fingerprint density at radius 1 is 1.07 bits per heavy atom. The molecule has 3 aromatic rings. The summed E-state index contributed by atoms with van der Waals surface area (Å²) in [5.41, 5.74) is 1.01. The zero-order valence-corrected chi connectivity index (χ0v) is 17.7. The van der Waals surface area contributed by atoms with Crippen molar-refractivity contribution in [2.75, 3.05) is 0 Å². The molecule has 2 unspecified atom stereocenters. The molecule has 1 N–H and O–H groups in total. The topological polar surface area (TPSA) is 55.6 Å². The number of benzene rings is 1. The summed E-state index contributed by atoms with van der Waals surface area (Å²) in [6.45, 7) is 4.58. The monoisotopic (exact) mass is 403 g/mol. The van der Waals surface area contributed by atoms with E-state index in [4.69, 9.17) is 4.74 Å². The van der Waals surface area contributed by atoms with E-state index in [0.717, 1.165) is 24.3 Å². The first kappa shape index (κ1) is 19.2. The lowest BCUT2D eigenvalue weighted by molar-refractivity contribution is 0.0613. The van der Waals surface area contributed by atoms with Crippen LogP contribution < -0.4 is 10.1 Å². The molecule has 2 aliphatic rings. The van der Waals surface area contributed by atoms with Gasteiger partial charge >= 0.3 is 6.01 Å². The molecule has 2 aliphatic carbocycles. The van der Waals surface area contributed by atoms with Gasteiger partial charge in [0.2, 0.25) is 0 Å². The predicted molar refractivity (Wildman–Crippen MR) is 117 cm³/mol. The van der Waals surface area contributed by atoms with Crippen LogP contribution in [-0.2, 0) is 0 Å². The standard InChI is InChI=1S/C25H29N3O2/c1-17-12-18-14-19(13-17)16-25(2,15-18)27-23(29)22-21-10-6-7-11-28(21)24(26-22)30-20-8-4-3-5-9-20/h3-11,17-19H,12-16H2,1-2H3,(H,27,29). The third-order valence-corrected chi connectivity index (χ3v) is 6.72. The number of pyridine rings is 1. The van der Waals surface area contributed by atoms with Crippen molar-refractivity contribution in [3.05, 3.63) is 60.4 Å². The number of aromatic nitrogens is 2. The van der Waals surface area contributed by atoms with Crippen LogP contribution >= 0.6 is 0 Å². The van der Waals surface area contributed by atoms with Gasteiger partial charge in [-0.1, -0.05) is 31.2 Å². The Morgan fingerprint density at radius 3 is 2.50 bits per heavy atom. The summed E-state index contributed by atoms with van der Waals surface area (Å²) >= 11 is 0. The first-order valence-corrected chi connectivity index (χ1v) is 11.0. The first-order valence-electron chi connectivity index (χ1n) is 11.0. The number of carbonyl (C=O) groups excluding carboxylic acids is 1. The molecule has 0 aliphatic heterocycles. The van der Waals surface area contributed by atoms with E-state index in [2.05, 4.69) is 24.1 Å². The molecule has 5 heteroatoms. The van der Waals surface area contributed by atoms with E-state index in [9.17, 15) is 4.79 Å². The second-order valence-electron chi connectivity index (χ2n) is 9.58. The van der Waals surface area contributed by atoms with Crippen molar-refractivity contribution in [3.8, 4) is 11.8 Å². The molecule has 1 aromatic carbocycles. The summed E-state index contributed by atoms with van der Waals surface area (Å²) in [5, 5.41) is 3.35. The highest BCUT2D eigenvalue weighted by Gasteiger charge is 2.42. The first-order chi connectivity index (χ1) is 14.5. The number of carbonyl (C=O) groups is 1. The molecular formula is C25H29N3O2. The molecule has 5 nitrogen and oxygen atoms in total. The number of amides is 1. The predicted octanol–water partition coefficient (Wildman–Crippen LogP) is 5.46. The molecule has 2 fully saturated rings. The lowest BCUT2D eigenvalue weighted by Gasteiger charge is -2.47. The highest BCUT2D eigenvalue weighted by Crippen LogP contribution is 2.46. The molecule has 30 heavy (non-hydrogen) atoms. The Labute approximate surface area is 177 Å². The second-order valence-corrected chi connectivity index (χ2v) is 9.58. The van der Waals surface area contributed by atoms with Crippen molar-refractivity contribution in [1.29, 1.82) is 0 Å². The van der Waals surface area contributed by atoms with Crippen LogP contribution in [0.2, 0.25) is 0 Å². The summed E-state index contributed by atoms with van der Waals surface area (Å²) < 4.78 is 7.82. The average molecular weight is 404 g/mol. The van der Waals surface area contributed by atoms with Crippen molar-refractivity contribution in [2.45, 2.75) is 51.5 Å². The zero-order chi connectivity index (χ0) is 20.7. The molecule has 1 amide bonds. The van der Waals surface area contributed by atoms with Crippen LogP contribution in [0.1, 0.15) is 56.4 Å². The number of nitrogens with zero attached hydrogens (tertiary/aromatic N) is 2. The molecule has 0 spiro atoms. The Hall–Kier alpha value is -2.82. The van der Waals surface area contributed by atoms with E-state index in [1.54, 1.807) is 0 Å². The van der Waals surface area contributed by atoms with Crippen molar-refractivity contribution < 1.29 is 9.53 Å². The summed E-state index contributed by atoms with van der Waals surface area (Å²) in [6.07, 6.45) is 7.87. The van der Waals surface area contributed by atoms with Gasteiger partial charge in [0.25, 0.3) is 5.91 Å². The molecule has 2 atom stereocenters. The maximum atomic E-state index is 13.3. The van der Waals surface area contributed by atoms with Crippen molar-refractivity contribution in [1.82, 2.24) is 14.7 Å². The van der Waals surface area contributed by atoms with Crippen LogP contribution in [0.4, 0.5) is 0 Å². The van der Waals surface area contributed by atoms with Gasteiger partial charge in [-0.3, -0.25) is 9.20 Å². The van der Waals surface area contributed by atoms with E-state index >= 15 is 0 Å². The average Bonchev–Trinajstić information content (AvgIpc) is 3.06. The third kappa shape index (κ3) is 3.69. The van der Waals surface area contributed by atoms with E-state index in [1.165, 1.54) is 19.3 Å². The maximum Gasteiger partial charge on any atom is 0.307 e. The fourth-order valence-electron chi connectivity index (χ4n) is 5.87. The van der Waals surface area contributed by atoms with Gasteiger partial charge < -0.3 is 10.1 Å². The van der Waals surface area contributed by atoms with E-state index in [0.29, 0.717) is 29.3 Å². The van der Waals surface area contributed by atoms with Gasteiger partial charge in [-0.25, -0.2) is 0 Å². The highest BCUT2D eigenvalue weighted by molar-refractivity contribution is 5.99. The molecule has 2 bridgehead atoms. The number of fused-ring (bicyclic) bond motifs is 3. The van der Waals surface area contributed by atoms with Crippen LogP contribution in [0.3, 0.4) is 0 Å². The van der Waals surface area contributed by atoms with E-state index in [1.807, 2.05) is 59.1 Å². The van der Waals surface area contributed by atoms with Gasteiger partial charge in [0.05, 0.1) is 5.52 Å². The van der Waals surface area contributed by atoms with Crippen molar-refractivity contribution >= 4 is 11.4 Å². The number of hydrogen-bond acceptors (Lipinski definition) is 3. The number of rotatable bonds is 4. The minimum absolute atomic E-state index is 0.114. The Morgan fingerprint density at radius 2 is 1.77 bits per heavy atom. The van der Waals surface area contributed by atoms with Crippen LogP contribution in [0.25, 0.3) is 5.52 Å². The number of hydrogen-bond donors (Lipinski definition) is 1. The molecule has 5 rings (SSSR count). The van der Waals surface area contributed by atoms with Gasteiger partial charge in [0.15, 0.2) is 5.69 Å². The van der Waals surface area contributed by atoms with Crippen LogP contribution in [0.5, 0.6) is 11.8 Å². The number of para-hydroxylation sites is 1. The normalized spacial score (nSPS) is 28.3. The third-order valence-electron chi connectivity index (χ3n) is 6.72. The fourth-order valence-corrected chi connectivity index (χ4v) is 5.87. The van der Waals surface area contributed by atoms with Crippen LogP contribution in [0.15, 0.2) is 54.7 Å². The van der Waals surface area contributed by atoms with Gasteiger partial charge in [-0.2, -0.15) is 4.98 Å². The Balaban J connectivity index is 1.41. The van der Waals surface area contributed by atoms with Crippen molar-refractivity contribution in [3.63, 3.8) is 0 Å². The minimum atomic E-state index is -0.171. The van der Waals surface area contributed by atoms with Crippen LogP contribution in [-0.4, -0.2) is 20.8 Å². The summed E-state index contributed by atoms with van der Waals surface area (Å²) in [6, 6.07) is 15.7. The smallest absolute Gasteiger partial charge is 0.307 e. The lowest BCUT2D eigenvalue weighted by atomic mass is 9.62. The molecule has 2 saturated carbocycles. The van der Waals surface area contributed by atoms with Crippen LogP contribution in [0, 0.1) is 17.8 Å². The molecule has 2 heterocycles. The SMILES string of the molecule is CC1CC2CC(C1)CC(C)(NC(=O)c1nc(Oc3ccccc3)n3ccccc13)C2. The second kappa shape index (κ2) is 7.46. The lowest BCUT2D eigenvalue weighted by Crippen LogP contribution is -2.52. The molecular weight excluding hydrogens is 374 g/mol. The van der Waals surface area contributed by atoms with Gasteiger partial charge in [0.1, 0.15) is 5.75 Å². The largest absolute Gasteiger partial charge is 0.425 e. The van der Waals surface area contributed by atoms with Gasteiger partial charge in [-0.15, -0.1) is 0 Å². The summed E-state index contributed by atoms with van der Waals surface area (Å²) in [4.78, 5) is 17.9. The van der Waals surface area contributed by atoms with Crippen molar-refractivity contribution in [2.24, 2.45) is 17.8 Å². The molecule has 0 radical (unpaired) electrons. The minimum Gasteiger partial charge on any atom is -0.425 e. The fraction of sp³-hybridized carbons (Fsp3) is 0.440. The number of nitrogens with one attached hydrogen (secondary N) is 1. The number of ether oxygens (including phenoxy) is 1. The highest BCUT2D eigenvalue weighted by atomic mass is 16.5. The van der Waals surface area contributed by atoms with E-state index in [-0.39, 0.29) is 11.4 Å². The zero-order valence-electron chi connectivity index (χ0n) is 17.7. The maximum absolute atomic E-state index is 13.3. The van der Waals surface area contributed by atoms with E-state index < -0.39 is 0 Å². The van der Waals surface area contributed by atoms with Gasteiger partial charge in [-0.05, 0) is 81.0 Å². The summed E-state index contributed by atoms with van der Waals surface area (Å²) in [5.74, 6) is 2.82. The summed E-state index contributed by atoms with van der Waals surface area (Å²) in [7, 11) is 0. The molecule has 0 saturated heterocycles. The Bertz CT molecular complexity index is 1040. The van der Waals surface area contributed by atoms with Gasteiger partial charge in [0, 0.05) is 11.7 Å².